The van der Waals surface area contributed by atoms with Crippen LogP contribution in [0.25, 0.3) is 0 Å². The Kier molecular flexibility index (Phi) is 17.5. The van der Waals surface area contributed by atoms with Crippen molar-refractivity contribution >= 4 is 23.9 Å². The first-order chi connectivity index (χ1) is 8.19. The monoisotopic (exact) mass is 352 g/mol. The van der Waals surface area contributed by atoms with E-state index in [0.717, 1.165) is 0 Å². The SMILES string of the molecule is O=C([O-])C1(C(=O)[O-])COCC(C(=O)[O-])(C(=O)[O-])O1.[Na+].[Na+].[Na+].[Na+]. The van der Waals surface area contributed by atoms with E-state index in [1.807, 2.05) is 0 Å². The Morgan fingerprint density at radius 3 is 1.05 bits per heavy atom. The van der Waals surface area contributed by atoms with Crippen LogP contribution >= 0.6 is 0 Å². The topological polar surface area (TPSA) is 179 Å². The molecule has 0 atom stereocenters. The molecular formula is C8H4Na4O10. The van der Waals surface area contributed by atoms with Gasteiger partial charge in [-0.05, 0) is 0 Å². The zero-order chi connectivity index (χ0) is 14.1. The number of carbonyl (C=O) groups is 4. The van der Waals surface area contributed by atoms with Crippen LogP contribution in [-0.4, -0.2) is 48.3 Å². The average molecular weight is 352 g/mol. The minimum absolute atomic E-state index is 0. The summed E-state index contributed by atoms with van der Waals surface area (Å²) in [5.41, 5.74) is -6.75. The predicted molar refractivity (Wildman–Crippen MR) is 37.4 cm³/mol. The van der Waals surface area contributed by atoms with Crippen molar-refractivity contribution in [1.82, 2.24) is 0 Å². The maximum absolute atomic E-state index is 10.7. The van der Waals surface area contributed by atoms with Gasteiger partial charge >= 0.3 is 118 Å². The van der Waals surface area contributed by atoms with Crippen molar-refractivity contribution in [2.75, 3.05) is 13.2 Å². The average Bonchev–Trinajstić information content (AvgIpc) is 2.27. The van der Waals surface area contributed by atoms with E-state index >= 15 is 0 Å². The molecule has 0 aromatic rings. The smallest absolute Gasteiger partial charge is 0.546 e. The summed E-state index contributed by atoms with van der Waals surface area (Å²) in [7, 11) is 0. The second-order valence-electron chi connectivity index (χ2n) is 3.40. The molecule has 1 rings (SSSR count). The molecule has 0 saturated carbocycles. The summed E-state index contributed by atoms with van der Waals surface area (Å²) in [6.07, 6.45) is 0. The fourth-order valence-electron chi connectivity index (χ4n) is 1.26. The third-order valence-corrected chi connectivity index (χ3v) is 2.28. The number of carboxylic acid groups (broad SMARTS) is 4. The largest absolute Gasteiger partial charge is 1.00 e. The van der Waals surface area contributed by atoms with Crippen molar-refractivity contribution in [3.8, 4) is 0 Å². The summed E-state index contributed by atoms with van der Waals surface area (Å²) in [4.78, 5) is 42.7. The summed E-state index contributed by atoms with van der Waals surface area (Å²) in [5, 5.41) is 42.7. The van der Waals surface area contributed by atoms with Gasteiger partial charge in [-0.2, -0.15) is 0 Å². The van der Waals surface area contributed by atoms with Gasteiger partial charge < -0.3 is 49.1 Å². The van der Waals surface area contributed by atoms with Gasteiger partial charge in [0.05, 0.1) is 37.1 Å². The molecule has 14 heteroatoms. The minimum Gasteiger partial charge on any atom is -0.546 e. The van der Waals surface area contributed by atoms with E-state index in [4.69, 9.17) is 0 Å². The van der Waals surface area contributed by atoms with Crippen molar-refractivity contribution in [1.29, 1.82) is 0 Å². The van der Waals surface area contributed by atoms with Gasteiger partial charge in [0.15, 0.2) is 11.2 Å². The number of carbonyl (C=O) groups excluding carboxylic acids is 4. The molecule has 22 heavy (non-hydrogen) atoms. The number of ether oxygens (including phenoxy) is 2. The molecule has 1 heterocycles. The molecular weight excluding hydrogens is 348 g/mol. The molecule has 1 aliphatic rings. The van der Waals surface area contributed by atoms with E-state index in [1.165, 1.54) is 0 Å². The van der Waals surface area contributed by atoms with E-state index in [0.29, 0.717) is 0 Å². The molecule has 0 aromatic heterocycles. The van der Waals surface area contributed by atoms with Gasteiger partial charge in [-0.25, -0.2) is 0 Å². The molecule has 1 fully saturated rings. The van der Waals surface area contributed by atoms with E-state index in [2.05, 4.69) is 9.47 Å². The normalized spacial score (nSPS) is 17.1. The van der Waals surface area contributed by atoms with Crippen LogP contribution in [0.1, 0.15) is 0 Å². The van der Waals surface area contributed by atoms with Gasteiger partial charge in [0.2, 0.25) is 0 Å². The molecule has 0 unspecified atom stereocenters. The second-order valence-corrected chi connectivity index (χ2v) is 3.40. The number of aliphatic carboxylic acids is 4. The standard InChI is InChI=1S/C8H8O10.4Na/c9-3(10)7(4(11)12)1-17-2-8(18-7,5(13)14)6(15)16;;;;/h1-2H2,(H,9,10)(H,11,12)(H,13,14)(H,15,16);;;;/q;4*+1/p-4. The fourth-order valence-corrected chi connectivity index (χ4v) is 1.26. The van der Waals surface area contributed by atoms with Crippen LogP contribution in [0.2, 0.25) is 0 Å². The molecule has 0 aromatic carbocycles. The maximum atomic E-state index is 10.7. The summed E-state index contributed by atoms with van der Waals surface area (Å²) in [6, 6.07) is 0. The van der Waals surface area contributed by atoms with E-state index in [1.54, 1.807) is 0 Å². The first-order valence-electron chi connectivity index (χ1n) is 4.33. The maximum Gasteiger partial charge on any atom is 1.00 e. The first-order valence-corrected chi connectivity index (χ1v) is 4.33. The summed E-state index contributed by atoms with van der Waals surface area (Å²) >= 11 is 0. The molecule has 100 valence electrons. The van der Waals surface area contributed by atoms with Crippen LogP contribution in [-0.2, 0) is 28.7 Å². The van der Waals surface area contributed by atoms with Gasteiger partial charge in [0.25, 0.3) is 0 Å². The first kappa shape index (κ1) is 31.6. The quantitative estimate of drug-likeness (QED) is 0.348. The van der Waals surface area contributed by atoms with Crippen molar-refractivity contribution in [3.05, 3.63) is 0 Å². The van der Waals surface area contributed by atoms with E-state index in [-0.39, 0.29) is 118 Å². The molecule has 0 bridgehead atoms. The third kappa shape index (κ3) is 5.95. The molecule has 0 aliphatic carbocycles. The Morgan fingerprint density at radius 2 is 0.864 bits per heavy atom. The Hall–Kier alpha value is 1.80. The summed E-state index contributed by atoms with van der Waals surface area (Å²) < 4.78 is 8.47. The van der Waals surface area contributed by atoms with Gasteiger partial charge in [0.1, 0.15) is 0 Å². The third-order valence-electron chi connectivity index (χ3n) is 2.28. The number of carboxylic acids is 4. The van der Waals surface area contributed by atoms with Gasteiger partial charge in [0, 0.05) is 0 Å². The fraction of sp³-hybridized carbons (Fsp3) is 0.500. The Balaban J connectivity index is -0.000000405. The van der Waals surface area contributed by atoms with Gasteiger partial charge in [-0.3, -0.25) is 0 Å². The molecule has 0 N–H and O–H groups in total. The van der Waals surface area contributed by atoms with E-state index in [9.17, 15) is 39.6 Å². The molecule has 1 saturated heterocycles. The van der Waals surface area contributed by atoms with Crippen LogP contribution in [0.15, 0.2) is 0 Å². The minimum atomic E-state index is -3.38. The molecule has 0 radical (unpaired) electrons. The zero-order valence-electron chi connectivity index (χ0n) is 12.5. The van der Waals surface area contributed by atoms with Gasteiger partial charge in [-0.15, -0.1) is 0 Å². The molecule has 1 aliphatic heterocycles. The molecule has 0 amide bonds. The Morgan fingerprint density at radius 1 is 0.636 bits per heavy atom. The number of rotatable bonds is 4. The Labute approximate surface area is 212 Å². The van der Waals surface area contributed by atoms with Crippen molar-refractivity contribution in [3.63, 3.8) is 0 Å². The number of hydrogen-bond donors (Lipinski definition) is 0. The van der Waals surface area contributed by atoms with Crippen molar-refractivity contribution < 1.29 is 167 Å². The van der Waals surface area contributed by atoms with Crippen LogP contribution in [0, 0.1) is 0 Å². The second kappa shape index (κ2) is 12.2. The van der Waals surface area contributed by atoms with Crippen LogP contribution in [0.3, 0.4) is 0 Å². The zero-order valence-corrected chi connectivity index (χ0v) is 20.5. The van der Waals surface area contributed by atoms with Crippen LogP contribution < -0.4 is 139 Å². The van der Waals surface area contributed by atoms with Crippen molar-refractivity contribution in [2.24, 2.45) is 0 Å². The summed E-state index contributed by atoms with van der Waals surface area (Å²) in [5.74, 6) is -9.69. The van der Waals surface area contributed by atoms with Gasteiger partial charge in [-0.1, -0.05) is 0 Å². The van der Waals surface area contributed by atoms with Crippen LogP contribution in [0.4, 0.5) is 0 Å². The summed E-state index contributed by atoms with van der Waals surface area (Å²) in [6.45, 7) is -2.36. The van der Waals surface area contributed by atoms with E-state index < -0.39 is 48.3 Å². The van der Waals surface area contributed by atoms with Crippen molar-refractivity contribution in [2.45, 2.75) is 11.2 Å². The molecule has 0 spiro atoms. The number of hydrogen-bond acceptors (Lipinski definition) is 10. The Bertz CT molecular complexity index is 373. The predicted octanol–water partition coefficient (Wildman–Crippen LogP) is -19.5. The van der Waals surface area contributed by atoms with Crippen LogP contribution in [0.5, 0.6) is 0 Å². The molecule has 10 nitrogen and oxygen atoms in total.